The molecule has 0 radical (unpaired) electrons. The number of carbonyl (C=O) groups is 2. The Hall–Kier alpha value is -1.10. The second-order valence-corrected chi connectivity index (χ2v) is 5.62. The summed E-state index contributed by atoms with van der Waals surface area (Å²) >= 11 is 0. The molecule has 0 aromatic rings. The Morgan fingerprint density at radius 2 is 1.89 bits per heavy atom. The highest BCUT2D eigenvalue weighted by atomic mass is 16.6. The second kappa shape index (κ2) is 5.69. The Morgan fingerprint density at radius 3 is 2.33 bits per heavy atom. The van der Waals surface area contributed by atoms with Gasteiger partial charge in [-0.05, 0) is 11.8 Å². The number of rotatable bonds is 4. The molecule has 104 valence electrons. The molecule has 0 aromatic heterocycles. The molecule has 2 amide bonds. The zero-order chi connectivity index (χ0) is 14.0. The number of cyclic esters (lactones) is 1. The minimum absolute atomic E-state index is 0.0277. The highest BCUT2D eigenvalue weighted by Gasteiger charge is 2.42. The smallest absolute Gasteiger partial charge is 0.416 e. The average Bonchev–Trinajstić information content (AvgIpc) is 2.68. The van der Waals surface area contributed by atoms with Crippen LogP contribution in [0, 0.1) is 17.8 Å². The summed E-state index contributed by atoms with van der Waals surface area (Å²) in [5.41, 5.74) is 0. The molecule has 1 N–H and O–H groups in total. The summed E-state index contributed by atoms with van der Waals surface area (Å²) in [5, 5.41) is 9.94. The molecule has 18 heavy (non-hydrogen) atoms. The molecule has 0 bridgehead atoms. The fourth-order valence-electron chi connectivity index (χ4n) is 2.12. The molecule has 0 aliphatic carbocycles. The molecule has 5 heteroatoms. The van der Waals surface area contributed by atoms with Gasteiger partial charge in [0.25, 0.3) is 0 Å². The van der Waals surface area contributed by atoms with Crippen LogP contribution in [0.1, 0.15) is 34.6 Å². The summed E-state index contributed by atoms with van der Waals surface area (Å²) < 4.78 is 4.94. The Morgan fingerprint density at radius 1 is 1.33 bits per heavy atom. The van der Waals surface area contributed by atoms with Gasteiger partial charge in [0.1, 0.15) is 6.61 Å². The number of carbonyl (C=O) groups excluding carboxylic acids is 2. The van der Waals surface area contributed by atoms with Gasteiger partial charge in [0.2, 0.25) is 5.91 Å². The molecule has 1 fully saturated rings. The van der Waals surface area contributed by atoms with Crippen molar-refractivity contribution in [3.05, 3.63) is 0 Å². The van der Waals surface area contributed by atoms with Gasteiger partial charge in [-0.25, -0.2) is 9.69 Å². The number of nitrogens with zero attached hydrogens (tertiary/aromatic N) is 1. The molecule has 0 aromatic carbocycles. The van der Waals surface area contributed by atoms with Crippen LogP contribution >= 0.6 is 0 Å². The minimum Gasteiger partial charge on any atom is -0.447 e. The van der Waals surface area contributed by atoms with Crippen LogP contribution in [0.3, 0.4) is 0 Å². The van der Waals surface area contributed by atoms with E-state index in [1.807, 2.05) is 27.7 Å². The largest absolute Gasteiger partial charge is 0.447 e. The Labute approximate surface area is 108 Å². The number of hydrogen-bond acceptors (Lipinski definition) is 4. The van der Waals surface area contributed by atoms with Gasteiger partial charge in [0.15, 0.2) is 0 Å². The molecule has 0 unspecified atom stereocenters. The molecule has 0 saturated carbocycles. The number of aliphatic hydroxyl groups is 1. The standard InChI is InChI=1S/C13H23NO4/c1-7(2)10-6-18-13(17)14(10)12(16)9(5)11(15)8(3)4/h7-11,15H,6H2,1-5H3/t9-,10+,11+/m0/s1. The van der Waals surface area contributed by atoms with Gasteiger partial charge in [-0.15, -0.1) is 0 Å². The number of hydrogen-bond donors (Lipinski definition) is 1. The molecule has 0 spiro atoms. The van der Waals surface area contributed by atoms with Crippen molar-refractivity contribution >= 4 is 12.0 Å². The molecule has 3 atom stereocenters. The third-order valence-electron chi connectivity index (χ3n) is 3.50. The lowest BCUT2D eigenvalue weighted by atomic mass is 9.92. The van der Waals surface area contributed by atoms with Crippen molar-refractivity contribution in [2.75, 3.05) is 6.61 Å². The van der Waals surface area contributed by atoms with E-state index in [1.54, 1.807) is 6.92 Å². The van der Waals surface area contributed by atoms with Crippen molar-refractivity contribution < 1.29 is 19.4 Å². The van der Waals surface area contributed by atoms with E-state index >= 15 is 0 Å². The second-order valence-electron chi connectivity index (χ2n) is 5.62. The van der Waals surface area contributed by atoms with Crippen molar-refractivity contribution in [2.24, 2.45) is 17.8 Å². The van der Waals surface area contributed by atoms with E-state index in [4.69, 9.17) is 4.74 Å². The first kappa shape index (κ1) is 15.0. The Balaban J connectivity index is 2.84. The van der Waals surface area contributed by atoms with Crippen molar-refractivity contribution in [1.82, 2.24) is 4.90 Å². The van der Waals surface area contributed by atoms with Gasteiger partial charge in [-0.2, -0.15) is 0 Å². The SMILES string of the molecule is CC(C)[C@@H](O)[C@H](C)C(=O)N1C(=O)OC[C@@H]1C(C)C. The van der Waals surface area contributed by atoms with Gasteiger partial charge < -0.3 is 9.84 Å². The molecule has 1 rings (SSSR count). The lowest BCUT2D eigenvalue weighted by molar-refractivity contribution is -0.138. The van der Waals surface area contributed by atoms with Crippen molar-refractivity contribution in [2.45, 2.75) is 46.8 Å². The maximum absolute atomic E-state index is 12.3. The highest BCUT2D eigenvalue weighted by Crippen LogP contribution is 2.24. The van der Waals surface area contributed by atoms with E-state index in [0.717, 1.165) is 0 Å². The molecule has 1 heterocycles. The molecule has 1 aliphatic rings. The van der Waals surface area contributed by atoms with Crippen LogP contribution in [-0.2, 0) is 9.53 Å². The maximum Gasteiger partial charge on any atom is 0.416 e. The van der Waals surface area contributed by atoms with Crippen LogP contribution in [0.25, 0.3) is 0 Å². The zero-order valence-corrected chi connectivity index (χ0v) is 11.7. The first-order valence-corrected chi connectivity index (χ1v) is 6.45. The van der Waals surface area contributed by atoms with Gasteiger partial charge in [-0.3, -0.25) is 4.79 Å². The van der Waals surface area contributed by atoms with Gasteiger partial charge in [0.05, 0.1) is 18.1 Å². The Bertz CT molecular complexity index is 327. The van der Waals surface area contributed by atoms with E-state index in [0.29, 0.717) is 0 Å². The van der Waals surface area contributed by atoms with Gasteiger partial charge >= 0.3 is 6.09 Å². The minimum atomic E-state index is -0.751. The molecule has 1 saturated heterocycles. The third-order valence-corrected chi connectivity index (χ3v) is 3.50. The summed E-state index contributed by atoms with van der Waals surface area (Å²) in [5.74, 6) is -0.835. The maximum atomic E-state index is 12.3. The summed E-state index contributed by atoms with van der Waals surface area (Å²) in [4.78, 5) is 25.1. The van der Waals surface area contributed by atoms with E-state index in [2.05, 4.69) is 0 Å². The molecular formula is C13H23NO4. The predicted molar refractivity (Wildman–Crippen MR) is 66.8 cm³/mol. The summed E-state index contributed by atoms with van der Waals surface area (Å²) in [6, 6.07) is -0.230. The fourth-order valence-corrected chi connectivity index (χ4v) is 2.12. The number of ether oxygens (including phenoxy) is 1. The van der Waals surface area contributed by atoms with Crippen LogP contribution in [0.5, 0.6) is 0 Å². The van der Waals surface area contributed by atoms with Crippen LogP contribution in [0.2, 0.25) is 0 Å². The van der Waals surface area contributed by atoms with Crippen molar-refractivity contribution in [3.63, 3.8) is 0 Å². The van der Waals surface area contributed by atoms with Crippen LogP contribution < -0.4 is 0 Å². The normalized spacial score (nSPS) is 23.4. The lowest BCUT2D eigenvalue weighted by Gasteiger charge is -2.28. The lowest BCUT2D eigenvalue weighted by Crippen LogP contribution is -2.47. The van der Waals surface area contributed by atoms with E-state index in [1.165, 1.54) is 4.90 Å². The van der Waals surface area contributed by atoms with E-state index in [9.17, 15) is 14.7 Å². The zero-order valence-electron chi connectivity index (χ0n) is 11.7. The quantitative estimate of drug-likeness (QED) is 0.831. The Kier molecular flexibility index (Phi) is 4.73. The summed E-state index contributed by atoms with van der Waals surface area (Å²) in [6.45, 7) is 9.46. The van der Waals surface area contributed by atoms with Crippen LogP contribution in [0.15, 0.2) is 0 Å². The van der Waals surface area contributed by atoms with Gasteiger partial charge in [0, 0.05) is 0 Å². The fraction of sp³-hybridized carbons (Fsp3) is 0.846. The van der Waals surface area contributed by atoms with Crippen LogP contribution in [0.4, 0.5) is 4.79 Å². The number of aliphatic hydroxyl groups excluding tert-OH is 1. The molecular weight excluding hydrogens is 234 g/mol. The molecule has 1 aliphatic heterocycles. The summed E-state index contributed by atoms with van der Waals surface area (Å²) in [7, 11) is 0. The van der Waals surface area contributed by atoms with Crippen molar-refractivity contribution in [3.8, 4) is 0 Å². The number of imide groups is 1. The first-order valence-electron chi connectivity index (χ1n) is 6.45. The first-order chi connectivity index (χ1) is 8.27. The monoisotopic (exact) mass is 257 g/mol. The average molecular weight is 257 g/mol. The van der Waals surface area contributed by atoms with Crippen LogP contribution in [-0.4, -0.2) is 40.8 Å². The van der Waals surface area contributed by atoms with Crippen molar-refractivity contribution in [1.29, 1.82) is 0 Å². The number of amides is 2. The summed E-state index contributed by atoms with van der Waals surface area (Å²) in [6.07, 6.45) is -1.35. The third kappa shape index (κ3) is 2.83. The molecule has 5 nitrogen and oxygen atoms in total. The van der Waals surface area contributed by atoms with E-state index in [-0.39, 0.29) is 30.4 Å². The predicted octanol–water partition coefficient (Wildman–Crippen LogP) is 1.64. The van der Waals surface area contributed by atoms with E-state index < -0.39 is 18.1 Å². The highest BCUT2D eigenvalue weighted by molar-refractivity contribution is 5.94. The van der Waals surface area contributed by atoms with Gasteiger partial charge in [-0.1, -0.05) is 34.6 Å². The topological polar surface area (TPSA) is 66.8 Å².